The molecule has 8 heteroatoms. The van der Waals surface area contributed by atoms with Crippen molar-refractivity contribution in [2.24, 2.45) is 5.10 Å². The summed E-state index contributed by atoms with van der Waals surface area (Å²) >= 11 is 3.03. The average molecular weight is 317 g/mol. The number of hydrazone groups is 1. The van der Waals surface area contributed by atoms with Gasteiger partial charge < -0.3 is 0 Å². The fourth-order valence-electron chi connectivity index (χ4n) is 0.978. The molecule has 4 nitrogen and oxygen atoms in total. The fraction of sp³-hybridized carbons (Fsp3) is 0.100. The van der Waals surface area contributed by atoms with Gasteiger partial charge in [0.15, 0.2) is 0 Å². The smallest absolute Gasteiger partial charge is 0.275 e. The van der Waals surface area contributed by atoms with Crippen LogP contribution in [0, 0.1) is 22.7 Å². The van der Waals surface area contributed by atoms with Gasteiger partial charge in [-0.05, 0) is 34.1 Å². The van der Waals surface area contributed by atoms with Crippen LogP contribution in [0.2, 0.25) is 0 Å². The second-order valence-electron chi connectivity index (χ2n) is 2.99. The zero-order valence-electron chi connectivity index (χ0n) is 8.59. The monoisotopic (exact) mass is 316 g/mol. The topological polar surface area (TPSA) is 72.0 Å². The highest BCUT2D eigenvalue weighted by atomic mass is 79.9. The van der Waals surface area contributed by atoms with Gasteiger partial charge in [-0.15, -0.1) is 0 Å². The molecule has 0 aliphatic carbocycles. The Labute approximate surface area is 108 Å². The Balaban J connectivity index is 3.08. The first-order valence-electron chi connectivity index (χ1n) is 4.39. The van der Waals surface area contributed by atoms with Gasteiger partial charge in [0.2, 0.25) is 5.71 Å². The lowest BCUT2D eigenvalue weighted by molar-refractivity contribution is -0.137. The Morgan fingerprint density at radius 2 is 1.89 bits per heavy atom. The molecule has 0 atom stereocenters. The lowest BCUT2D eigenvalue weighted by Crippen LogP contribution is -2.06. The van der Waals surface area contributed by atoms with E-state index in [9.17, 15) is 13.2 Å². The Kier molecular flexibility index (Phi) is 4.29. The maximum absolute atomic E-state index is 12.4. The molecule has 0 radical (unpaired) electrons. The predicted octanol–water partition coefficient (Wildman–Crippen LogP) is 3.28. The van der Waals surface area contributed by atoms with Crippen LogP contribution in [0.5, 0.6) is 0 Å². The number of rotatable bonds is 2. The van der Waals surface area contributed by atoms with Crippen molar-refractivity contribution < 1.29 is 13.2 Å². The lowest BCUT2D eigenvalue weighted by Gasteiger charge is -2.09. The molecule has 1 rings (SSSR count). The van der Waals surface area contributed by atoms with Crippen molar-refractivity contribution in [3.8, 4) is 12.1 Å². The van der Waals surface area contributed by atoms with Gasteiger partial charge >= 0.3 is 6.18 Å². The standard InChI is InChI=1S/C10H4BrF3N4/c11-8-2-1-6(10(12,13)14)3-9(8)18-17-7(4-15)5-16/h1-3,18H. The maximum atomic E-state index is 12.4. The third kappa shape index (κ3) is 3.47. The number of alkyl halides is 3. The normalized spacial score (nSPS) is 10.1. The molecule has 0 bridgehead atoms. The van der Waals surface area contributed by atoms with Gasteiger partial charge in [-0.2, -0.15) is 28.8 Å². The minimum absolute atomic E-state index is 0.00725. The molecule has 92 valence electrons. The van der Waals surface area contributed by atoms with E-state index in [0.717, 1.165) is 12.1 Å². The minimum Gasteiger partial charge on any atom is -0.275 e. The summed E-state index contributed by atoms with van der Waals surface area (Å²) < 4.78 is 37.7. The van der Waals surface area contributed by atoms with E-state index in [2.05, 4.69) is 26.5 Å². The van der Waals surface area contributed by atoms with E-state index >= 15 is 0 Å². The molecule has 0 aliphatic heterocycles. The average Bonchev–Trinajstić information content (AvgIpc) is 2.31. The molecule has 1 aromatic rings. The van der Waals surface area contributed by atoms with E-state index in [-0.39, 0.29) is 5.69 Å². The van der Waals surface area contributed by atoms with Crippen LogP contribution >= 0.6 is 15.9 Å². The van der Waals surface area contributed by atoms with E-state index in [1.54, 1.807) is 0 Å². The van der Waals surface area contributed by atoms with Crippen LogP contribution in [0.3, 0.4) is 0 Å². The molecule has 1 N–H and O–H groups in total. The molecular formula is C10H4BrF3N4. The van der Waals surface area contributed by atoms with Gasteiger partial charge in [0, 0.05) is 4.47 Å². The molecule has 0 fully saturated rings. The number of hydrogen-bond acceptors (Lipinski definition) is 4. The van der Waals surface area contributed by atoms with E-state index < -0.39 is 17.5 Å². The summed E-state index contributed by atoms with van der Waals surface area (Å²) in [6, 6.07) is 5.86. The van der Waals surface area contributed by atoms with Gasteiger partial charge in [0.05, 0.1) is 11.3 Å². The molecule has 0 amide bonds. The summed E-state index contributed by atoms with van der Waals surface area (Å²) in [6.45, 7) is 0. The number of halogens is 4. The highest BCUT2D eigenvalue weighted by molar-refractivity contribution is 9.10. The van der Waals surface area contributed by atoms with Crippen molar-refractivity contribution >= 4 is 27.3 Å². The number of anilines is 1. The number of benzene rings is 1. The van der Waals surface area contributed by atoms with Crippen LogP contribution in [0.4, 0.5) is 18.9 Å². The third-order valence-electron chi connectivity index (χ3n) is 1.79. The van der Waals surface area contributed by atoms with Crippen LogP contribution < -0.4 is 5.43 Å². The molecular weight excluding hydrogens is 313 g/mol. The van der Waals surface area contributed by atoms with Gasteiger partial charge in [-0.1, -0.05) is 0 Å². The van der Waals surface area contributed by atoms with E-state index in [4.69, 9.17) is 10.5 Å². The molecule has 0 spiro atoms. The quantitative estimate of drug-likeness (QED) is 0.672. The van der Waals surface area contributed by atoms with Gasteiger partial charge in [0.1, 0.15) is 12.1 Å². The lowest BCUT2D eigenvalue weighted by atomic mass is 10.2. The molecule has 0 aromatic heterocycles. The van der Waals surface area contributed by atoms with Crippen molar-refractivity contribution in [1.29, 1.82) is 10.5 Å². The Hall–Kier alpha value is -2.06. The van der Waals surface area contributed by atoms with E-state index in [0.29, 0.717) is 4.47 Å². The number of nitriles is 2. The first kappa shape index (κ1) is 14.0. The number of nitrogens with one attached hydrogen (secondary N) is 1. The summed E-state index contributed by atoms with van der Waals surface area (Å²) in [5, 5.41) is 20.2. The second-order valence-corrected chi connectivity index (χ2v) is 3.84. The molecule has 0 saturated carbocycles. The number of hydrogen-bond donors (Lipinski definition) is 1. The summed E-state index contributed by atoms with van der Waals surface area (Å²) in [6.07, 6.45) is -4.48. The highest BCUT2D eigenvalue weighted by Crippen LogP contribution is 2.33. The summed E-state index contributed by atoms with van der Waals surface area (Å²) in [5.74, 6) is 0. The van der Waals surface area contributed by atoms with Crippen molar-refractivity contribution in [3.63, 3.8) is 0 Å². The summed E-state index contributed by atoms with van der Waals surface area (Å²) in [5.41, 5.74) is 0.882. The van der Waals surface area contributed by atoms with Crippen LogP contribution in [-0.2, 0) is 6.18 Å². The molecule has 0 saturated heterocycles. The zero-order valence-corrected chi connectivity index (χ0v) is 10.2. The van der Waals surface area contributed by atoms with Crippen LogP contribution in [-0.4, -0.2) is 5.71 Å². The minimum atomic E-state index is -4.48. The van der Waals surface area contributed by atoms with Crippen molar-refractivity contribution in [2.45, 2.75) is 6.18 Å². The highest BCUT2D eigenvalue weighted by Gasteiger charge is 2.30. The van der Waals surface area contributed by atoms with E-state index in [1.165, 1.54) is 18.2 Å². The van der Waals surface area contributed by atoms with Gasteiger partial charge in [-0.25, -0.2) is 0 Å². The van der Waals surface area contributed by atoms with Crippen molar-refractivity contribution in [2.75, 3.05) is 5.43 Å². The molecule has 0 aliphatic rings. The molecule has 18 heavy (non-hydrogen) atoms. The fourth-order valence-corrected chi connectivity index (χ4v) is 1.31. The van der Waals surface area contributed by atoms with Crippen LogP contribution in [0.1, 0.15) is 5.56 Å². The van der Waals surface area contributed by atoms with Gasteiger partial charge in [-0.3, -0.25) is 5.43 Å². The maximum Gasteiger partial charge on any atom is 0.416 e. The molecule has 0 unspecified atom stereocenters. The summed E-state index contributed by atoms with van der Waals surface area (Å²) in [7, 11) is 0. The largest absolute Gasteiger partial charge is 0.416 e. The van der Waals surface area contributed by atoms with Crippen molar-refractivity contribution in [3.05, 3.63) is 28.2 Å². The SMILES string of the molecule is N#CC(C#N)=NNc1cc(C(F)(F)F)ccc1Br. The Morgan fingerprint density at radius 1 is 1.28 bits per heavy atom. The Morgan fingerprint density at radius 3 is 2.39 bits per heavy atom. The van der Waals surface area contributed by atoms with Gasteiger partial charge in [0.25, 0.3) is 0 Å². The van der Waals surface area contributed by atoms with Crippen LogP contribution in [0.15, 0.2) is 27.8 Å². The molecule has 0 heterocycles. The van der Waals surface area contributed by atoms with Crippen LogP contribution in [0.25, 0.3) is 0 Å². The first-order chi connectivity index (χ1) is 8.38. The second kappa shape index (κ2) is 5.52. The third-order valence-corrected chi connectivity index (χ3v) is 2.49. The predicted molar refractivity (Wildman–Crippen MR) is 61.4 cm³/mol. The summed E-state index contributed by atoms with van der Waals surface area (Å²) in [4.78, 5) is 0. The Bertz CT molecular complexity index is 550. The van der Waals surface area contributed by atoms with Crippen molar-refractivity contribution in [1.82, 2.24) is 0 Å². The molecule has 1 aromatic carbocycles. The first-order valence-corrected chi connectivity index (χ1v) is 5.18. The van der Waals surface area contributed by atoms with E-state index in [1.807, 2.05) is 0 Å². The number of nitrogens with zero attached hydrogens (tertiary/aromatic N) is 3. The zero-order chi connectivity index (χ0) is 13.8.